The zero-order chi connectivity index (χ0) is 10.7. The molecule has 1 unspecified atom stereocenters. The Morgan fingerprint density at radius 1 is 1.79 bits per heavy atom. The van der Waals surface area contributed by atoms with E-state index in [-0.39, 0.29) is 0 Å². The van der Waals surface area contributed by atoms with E-state index < -0.39 is 11.9 Å². The van der Waals surface area contributed by atoms with Gasteiger partial charge in [0.15, 0.2) is 0 Å². The number of hydrogen-bond acceptors (Lipinski definition) is 4. The average Bonchev–Trinajstić information content (AvgIpc) is 2.42. The lowest BCUT2D eigenvalue weighted by atomic mass is 10.0. The fourth-order valence-corrected chi connectivity index (χ4v) is 1.24. The molecule has 1 aromatic rings. The number of aryl methyl sites for hydroxylation is 1. The molecule has 1 rings (SSSR count). The van der Waals surface area contributed by atoms with Crippen LogP contribution in [-0.2, 0) is 11.8 Å². The van der Waals surface area contributed by atoms with E-state index >= 15 is 0 Å². The van der Waals surface area contributed by atoms with Crippen LogP contribution >= 0.6 is 0 Å². The Morgan fingerprint density at radius 2 is 2.43 bits per heavy atom. The Labute approximate surface area is 81.5 Å². The summed E-state index contributed by atoms with van der Waals surface area (Å²) in [6.45, 7) is 0.313. The van der Waals surface area contributed by atoms with Gasteiger partial charge in [0, 0.05) is 13.1 Å². The number of carboxylic acid groups (broad SMARTS) is 1. The van der Waals surface area contributed by atoms with Crippen molar-refractivity contribution in [3.63, 3.8) is 0 Å². The molecule has 78 valence electrons. The zero-order valence-corrected chi connectivity index (χ0v) is 7.97. The highest BCUT2D eigenvalue weighted by molar-refractivity contribution is 5.75. The number of anilines is 1. The van der Waals surface area contributed by atoms with E-state index in [1.807, 2.05) is 0 Å². The Kier molecular flexibility index (Phi) is 3.08. The summed E-state index contributed by atoms with van der Waals surface area (Å²) in [6, 6.07) is 1.56. The average molecular weight is 198 g/mol. The van der Waals surface area contributed by atoms with Crippen LogP contribution in [0.3, 0.4) is 0 Å². The molecule has 0 radical (unpaired) electrons. The Balaban J connectivity index is 2.93. The summed E-state index contributed by atoms with van der Waals surface area (Å²) in [5, 5.41) is 12.9. The standard InChI is InChI=1S/C8H14N4O2/c1-12-7(10)4-6(11-12)5(2-3-9)8(13)14/h4-5H,2-3,9-10H2,1H3,(H,13,14). The molecule has 6 heteroatoms. The molecule has 0 saturated carbocycles. The maximum atomic E-state index is 10.9. The van der Waals surface area contributed by atoms with Crippen molar-refractivity contribution < 1.29 is 9.90 Å². The summed E-state index contributed by atoms with van der Waals surface area (Å²) >= 11 is 0. The number of carbonyl (C=O) groups is 1. The molecule has 0 fully saturated rings. The SMILES string of the molecule is Cn1nc(C(CCN)C(=O)O)cc1N. The minimum atomic E-state index is -0.923. The van der Waals surface area contributed by atoms with E-state index in [4.69, 9.17) is 16.6 Å². The number of nitrogens with two attached hydrogens (primary N) is 2. The molecule has 0 aliphatic rings. The van der Waals surface area contributed by atoms with Gasteiger partial charge in [0.1, 0.15) is 11.7 Å². The summed E-state index contributed by atoms with van der Waals surface area (Å²) < 4.78 is 1.45. The van der Waals surface area contributed by atoms with Crippen molar-refractivity contribution in [3.05, 3.63) is 11.8 Å². The van der Waals surface area contributed by atoms with Crippen molar-refractivity contribution in [2.75, 3.05) is 12.3 Å². The molecule has 1 atom stereocenters. The molecule has 0 amide bonds. The van der Waals surface area contributed by atoms with E-state index in [1.54, 1.807) is 13.1 Å². The lowest BCUT2D eigenvalue weighted by Gasteiger charge is -2.06. The first-order valence-corrected chi connectivity index (χ1v) is 4.28. The van der Waals surface area contributed by atoms with Crippen molar-refractivity contribution >= 4 is 11.8 Å². The zero-order valence-electron chi connectivity index (χ0n) is 7.97. The molecule has 0 bridgehead atoms. The van der Waals surface area contributed by atoms with Crippen LogP contribution in [0.2, 0.25) is 0 Å². The van der Waals surface area contributed by atoms with Crippen LogP contribution in [0.4, 0.5) is 5.82 Å². The topological polar surface area (TPSA) is 107 Å². The van der Waals surface area contributed by atoms with Crippen LogP contribution in [0.5, 0.6) is 0 Å². The third kappa shape index (κ3) is 2.02. The molecule has 14 heavy (non-hydrogen) atoms. The van der Waals surface area contributed by atoms with E-state index in [2.05, 4.69) is 5.10 Å². The molecule has 6 nitrogen and oxygen atoms in total. The van der Waals surface area contributed by atoms with Crippen molar-refractivity contribution in [2.24, 2.45) is 12.8 Å². The largest absolute Gasteiger partial charge is 0.481 e. The highest BCUT2D eigenvalue weighted by Gasteiger charge is 2.22. The quantitative estimate of drug-likeness (QED) is 0.605. The Morgan fingerprint density at radius 3 is 2.79 bits per heavy atom. The molecule has 0 aromatic carbocycles. The van der Waals surface area contributed by atoms with E-state index in [1.165, 1.54) is 4.68 Å². The minimum absolute atomic E-state index is 0.313. The van der Waals surface area contributed by atoms with Crippen LogP contribution in [-0.4, -0.2) is 27.4 Å². The van der Waals surface area contributed by atoms with E-state index in [0.717, 1.165) is 0 Å². The molecule has 0 spiro atoms. The van der Waals surface area contributed by atoms with Crippen LogP contribution in [0.15, 0.2) is 6.07 Å². The predicted octanol–water partition coefficient (Wildman–Crippen LogP) is -0.481. The van der Waals surface area contributed by atoms with Gasteiger partial charge in [-0.2, -0.15) is 5.10 Å². The van der Waals surface area contributed by atoms with Crippen molar-refractivity contribution in [1.82, 2.24) is 9.78 Å². The molecular formula is C8H14N4O2. The lowest BCUT2D eigenvalue weighted by molar-refractivity contribution is -0.139. The second-order valence-electron chi connectivity index (χ2n) is 3.09. The molecule has 1 aromatic heterocycles. The van der Waals surface area contributed by atoms with Gasteiger partial charge in [0.25, 0.3) is 0 Å². The van der Waals surface area contributed by atoms with Crippen molar-refractivity contribution in [3.8, 4) is 0 Å². The number of aliphatic carboxylic acids is 1. The summed E-state index contributed by atoms with van der Waals surface area (Å²) in [4.78, 5) is 10.9. The molecule has 5 N–H and O–H groups in total. The second-order valence-corrected chi connectivity index (χ2v) is 3.09. The van der Waals surface area contributed by atoms with Gasteiger partial charge in [0.2, 0.25) is 0 Å². The van der Waals surface area contributed by atoms with Gasteiger partial charge in [-0.05, 0) is 13.0 Å². The van der Waals surface area contributed by atoms with Crippen LogP contribution in [0.25, 0.3) is 0 Å². The summed E-state index contributed by atoms with van der Waals surface area (Å²) in [5.74, 6) is -1.14. The highest BCUT2D eigenvalue weighted by atomic mass is 16.4. The van der Waals surface area contributed by atoms with Gasteiger partial charge in [-0.25, -0.2) is 0 Å². The maximum Gasteiger partial charge on any atom is 0.312 e. The van der Waals surface area contributed by atoms with Gasteiger partial charge < -0.3 is 16.6 Å². The number of carboxylic acids is 1. The van der Waals surface area contributed by atoms with Crippen molar-refractivity contribution in [2.45, 2.75) is 12.3 Å². The first-order valence-electron chi connectivity index (χ1n) is 4.28. The third-order valence-corrected chi connectivity index (χ3v) is 2.05. The number of hydrogen-bond donors (Lipinski definition) is 3. The fourth-order valence-electron chi connectivity index (χ4n) is 1.24. The fraction of sp³-hybridized carbons (Fsp3) is 0.500. The molecule has 0 aliphatic heterocycles. The maximum absolute atomic E-state index is 10.9. The number of rotatable bonds is 4. The lowest BCUT2D eigenvalue weighted by Crippen LogP contribution is -2.16. The smallest absolute Gasteiger partial charge is 0.312 e. The van der Waals surface area contributed by atoms with E-state index in [9.17, 15) is 4.79 Å². The van der Waals surface area contributed by atoms with Crippen LogP contribution in [0.1, 0.15) is 18.0 Å². The van der Waals surface area contributed by atoms with Gasteiger partial charge in [-0.3, -0.25) is 9.48 Å². The summed E-state index contributed by atoms with van der Waals surface area (Å²) in [6.07, 6.45) is 0.367. The minimum Gasteiger partial charge on any atom is -0.481 e. The monoisotopic (exact) mass is 198 g/mol. The number of aromatic nitrogens is 2. The van der Waals surface area contributed by atoms with Crippen molar-refractivity contribution in [1.29, 1.82) is 0 Å². The number of nitrogen functional groups attached to an aromatic ring is 1. The van der Waals surface area contributed by atoms with Gasteiger partial charge in [0.05, 0.1) is 5.69 Å². The molecule has 0 saturated heterocycles. The van der Waals surface area contributed by atoms with Gasteiger partial charge >= 0.3 is 5.97 Å². The Bertz CT molecular complexity index is 315. The highest BCUT2D eigenvalue weighted by Crippen LogP contribution is 2.19. The van der Waals surface area contributed by atoms with Gasteiger partial charge in [-0.1, -0.05) is 0 Å². The molecule has 1 heterocycles. The first-order chi connectivity index (χ1) is 6.56. The summed E-state index contributed by atoms with van der Waals surface area (Å²) in [7, 11) is 1.67. The predicted molar refractivity (Wildman–Crippen MR) is 51.7 cm³/mol. The van der Waals surface area contributed by atoms with Gasteiger partial charge in [-0.15, -0.1) is 0 Å². The van der Waals surface area contributed by atoms with Crippen LogP contribution < -0.4 is 11.5 Å². The van der Waals surface area contributed by atoms with E-state index in [0.29, 0.717) is 24.5 Å². The summed E-state index contributed by atoms with van der Waals surface area (Å²) in [5.41, 5.74) is 11.3. The van der Waals surface area contributed by atoms with Crippen LogP contribution in [0, 0.1) is 0 Å². The normalized spacial score (nSPS) is 12.7. The molecule has 0 aliphatic carbocycles. The Hall–Kier alpha value is -1.56. The number of nitrogens with zero attached hydrogens (tertiary/aromatic N) is 2. The third-order valence-electron chi connectivity index (χ3n) is 2.05. The molecular weight excluding hydrogens is 184 g/mol. The second kappa shape index (κ2) is 4.10. The first kappa shape index (κ1) is 10.5.